The van der Waals surface area contributed by atoms with E-state index in [0.717, 1.165) is 6.42 Å². The Balaban J connectivity index is 2.53. The molecule has 1 amide bonds. The largest absolute Gasteiger partial charge is 0.399 e. The molecule has 4 heteroatoms. The van der Waals surface area contributed by atoms with Crippen LogP contribution in [0.5, 0.6) is 0 Å². The predicted octanol–water partition coefficient (Wildman–Crippen LogP) is 3.19. The Kier molecular flexibility index (Phi) is 5.86. The summed E-state index contributed by atoms with van der Waals surface area (Å²) in [5.41, 5.74) is 13.1. The van der Waals surface area contributed by atoms with Crippen LogP contribution in [0.15, 0.2) is 18.2 Å². The molecular formula is C16H27N3O. The van der Waals surface area contributed by atoms with Gasteiger partial charge in [-0.05, 0) is 30.0 Å². The molecule has 1 aromatic carbocycles. The van der Waals surface area contributed by atoms with E-state index in [9.17, 15) is 4.79 Å². The third kappa shape index (κ3) is 5.51. The Morgan fingerprint density at radius 3 is 2.30 bits per heavy atom. The molecule has 1 aromatic rings. The second-order valence-electron chi connectivity index (χ2n) is 6.19. The highest BCUT2D eigenvalue weighted by Crippen LogP contribution is 2.23. The van der Waals surface area contributed by atoms with Crippen LogP contribution in [0.25, 0.3) is 0 Å². The maximum absolute atomic E-state index is 12.1. The SMILES string of the molecule is CCCCCC(C)(C)CNC(=O)c1cc(N)cc(N)c1. The first kappa shape index (κ1) is 16.3. The minimum atomic E-state index is -0.118. The third-order valence-corrected chi connectivity index (χ3v) is 3.42. The van der Waals surface area contributed by atoms with E-state index in [1.807, 2.05) is 0 Å². The molecule has 4 nitrogen and oxygen atoms in total. The molecule has 112 valence electrons. The number of amides is 1. The summed E-state index contributed by atoms with van der Waals surface area (Å²) in [6, 6.07) is 4.94. The molecule has 0 heterocycles. The van der Waals surface area contributed by atoms with E-state index in [0.29, 0.717) is 23.5 Å². The zero-order chi connectivity index (χ0) is 15.2. The second kappa shape index (κ2) is 7.17. The molecule has 0 radical (unpaired) electrons. The fourth-order valence-corrected chi connectivity index (χ4v) is 2.17. The van der Waals surface area contributed by atoms with Crippen molar-refractivity contribution in [1.82, 2.24) is 5.32 Å². The Bertz CT molecular complexity index is 435. The van der Waals surface area contributed by atoms with Gasteiger partial charge in [0.15, 0.2) is 0 Å². The van der Waals surface area contributed by atoms with Crippen molar-refractivity contribution in [2.75, 3.05) is 18.0 Å². The first-order valence-electron chi connectivity index (χ1n) is 7.28. The van der Waals surface area contributed by atoms with Crippen LogP contribution in [0.1, 0.15) is 56.8 Å². The molecule has 5 N–H and O–H groups in total. The van der Waals surface area contributed by atoms with Crippen molar-refractivity contribution in [1.29, 1.82) is 0 Å². The number of carbonyl (C=O) groups excluding carboxylic acids is 1. The van der Waals surface area contributed by atoms with Crippen molar-refractivity contribution in [3.8, 4) is 0 Å². The summed E-state index contributed by atoms with van der Waals surface area (Å²) in [7, 11) is 0. The lowest BCUT2D eigenvalue weighted by molar-refractivity contribution is 0.0934. The van der Waals surface area contributed by atoms with Crippen LogP contribution < -0.4 is 16.8 Å². The normalized spacial score (nSPS) is 11.3. The Morgan fingerprint density at radius 1 is 1.15 bits per heavy atom. The molecule has 0 fully saturated rings. The average molecular weight is 277 g/mol. The molecule has 1 rings (SSSR count). The van der Waals surface area contributed by atoms with Crippen molar-refractivity contribution in [2.24, 2.45) is 5.41 Å². The molecule has 0 aliphatic rings. The molecule has 0 bridgehead atoms. The van der Waals surface area contributed by atoms with Gasteiger partial charge < -0.3 is 16.8 Å². The smallest absolute Gasteiger partial charge is 0.251 e. The van der Waals surface area contributed by atoms with Crippen LogP contribution >= 0.6 is 0 Å². The molecule has 0 atom stereocenters. The first-order chi connectivity index (χ1) is 9.34. The summed E-state index contributed by atoms with van der Waals surface area (Å²) in [5.74, 6) is -0.118. The van der Waals surface area contributed by atoms with Gasteiger partial charge in [-0.1, -0.05) is 40.0 Å². The van der Waals surface area contributed by atoms with E-state index in [1.165, 1.54) is 19.3 Å². The molecular weight excluding hydrogens is 250 g/mol. The quantitative estimate of drug-likeness (QED) is 0.529. The lowest BCUT2D eigenvalue weighted by atomic mass is 9.87. The fraction of sp³-hybridized carbons (Fsp3) is 0.562. The average Bonchev–Trinajstić information content (AvgIpc) is 2.35. The van der Waals surface area contributed by atoms with Gasteiger partial charge >= 0.3 is 0 Å². The number of nitrogens with one attached hydrogen (secondary N) is 1. The number of nitrogen functional groups attached to an aromatic ring is 2. The van der Waals surface area contributed by atoms with Gasteiger partial charge in [-0.2, -0.15) is 0 Å². The molecule has 0 spiro atoms. The van der Waals surface area contributed by atoms with Crippen LogP contribution in [0.3, 0.4) is 0 Å². The van der Waals surface area contributed by atoms with Gasteiger partial charge in [0.1, 0.15) is 0 Å². The van der Waals surface area contributed by atoms with Gasteiger partial charge in [-0.25, -0.2) is 0 Å². The van der Waals surface area contributed by atoms with Crippen LogP contribution in [-0.2, 0) is 0 Å². The van der Waals surface area contributed by atoms with Crippen molar-refractivity contribution in [2.45, 2.75) is 46.5 Å². The minimum Gasteiger partial charge on any atom is -0.399 e. The molecule has 0 aliphatic heterocycles. The molecule has 0 saturated heterocycles. The molecule has 20 heavy (non-hydrogen) atoms. The van der Waals surface area contributed by atoms with E-state index in [1.54, 1.807) is 18.2 Å². The van der Waals surface area contributed by atoms with Gasteiger partial charge in [-0.15, -0.1) is 0 Å². The van der Waals surface area contributed by atoms with Gasteiger partial charge in [-0.3, -0.25) is 4.79 Å². The number of anilines is 2. The topological polar surface area (TPSA) is 81.1 Å². The summed E-state index contributed by atoms with van der Waals surface area (Å²) < 4.78 is 0. The van der Waals surface area contributed by atoms with E-state index < -0.39 is 0 Å². The summed E-state index contributed by atoms with van der Waals surface area (Å²) in [6.07, 6.45) is 4.76. The van der Waals surface area contributed by atoms with Crippen LogP contribution in [0, 0.1) is 5.41 Å². The lowest BCUT2D eigenvalue weighted by Crippen LogP contribution is -2.34. The van der Waals surface area contributed by atoms with E-state index >= 15 is 0 Å². The van der Waals surface area contributed by atoms with E-state index in [2.05, 4.69) is 26.1 Å². The summed E-state index contributed by atoms with van der Waals surface area (Å²) in [5, 5.41) is 2.97. The first-order valence-corrected chi connectivity index (χ1v) is 7.28. The molecule has 0 saturated carbocycles. The number of nitrogens with two attached hydrogens (primary N) is 2. The summed E-state index contributed by atoms with van der Waals surface area (Å²) in [4.78, 5) is 12.1. The Morgan fingerprint density at radius 2 is 1.75 bits per heavy atom. The van der Waals surface area contributed by atoms with Gasteiger partial charge in [0, 0.05) is 23.5 Å². The minimum absolute atomic E-state index is 0.108. The molecule has 0 unspecified atom stereocenters. The predicted molar refractivity (Wildman–Crippen MR) is 85.5 cm³/mol. The maximum atomic E-state index is 12.1. The summed E-state index contributed by atoms with van der Waals surface area (Å²) >= 11 is 0. The highest BCUT2D eigenvalue weighted by Gasteiger charge is 2.19. The zero-order valence-corrected chi connectivity index (χ0v) is 12.8. The lowest BCUT2D eigenvalue weighted by Gasteiger charge is -2.25. The Labute approximate surface area is 121 Å². The highest BCUT2D eigenvalue weighted by atomic mass is 16.1. The number of hydrogen-bond acceptors (Lipinski definition) is 3. The Hall–Kier alpha value is -1.71. The number of hydrogen-bond donors (Lipinski definition) is 3. The van der Waals surface area contributed by atoms with Crippen LogP contribution in [0.2, 0.25) is 0 Å². The fourth-order valence-electron chi connectivity index (χ4n) is 2.17. The van der Waals surface area contributed by atoms with Crippen molar-refractivity contribution in [3.63, 3.8) is 0 Å². The van der Waals surface area contributed by atoms with Crippen molar-refractivity contribution < 1.29 is 4.79 Å². The van der Waals surface area contributed by atoms with Gasteiger partial charge in [0.25, 0.3) is 5.91 Å². The second-order valence-corrected chi connectivity index (χ2v) is 6.19. The monoisotopic (exact) mass is 277 g/mol. The number of unbranched alkanes of at least 4 members (excludes halogenated alkanes) is 2. The van der Waals surface area contributed by atoms with Crippen LogP contribution in [0.4, 0.5) is 11.4 Å². The van der Waals surface area contributed by atoms with Crippen molar-refractivity contribution >= 4 is 17.3 Å². The van der Waals surface area contributed by atoms with Crippen LogP contribution in [-0.4, -0.2) is 12.5 Å². The number of rotatable bonds is 7. The zero-order valence-electron chi connectivity index (χ0n) is 12.8. The standard InChI is InChI=1S/C16H27N3O/c1-4-5-6-7-16(2,3)11-19-15(20)12-8-13(17)10-14(18)9-12/h8-10H,4-7,11,17-18H2,1-3H3,(H,19,20). The van der Waals surface area contributed by atoms with Gasteiger partial charge in [0.05, 0.1) is 0 Å². The van der Waals surface area contributed by atoms with E-state index in [4.69, 9.17) is 11.5 Å². The summed E-state index contributed by atoms with van der Waals surface area (Å²) in [6.45, 7) is 7.20. The maximum Gasteiger partial charge on any atom is 0.251 e. The number of benzene rings is 1. The van der Waals surface area contributed by atoms with E-state index in [-0.39, 0.29) is 11.3 Å². The molecule has 0 aliphatic carbocycles. The highest BCUT2D eigenvalue weighted by molar-refractivity contribution is 5.96. The molecule has 0 aromatic heterocycles. The van der Waals surface area contributed by atoms with Gasteiger partial charge in [0.2, 0.25) is 0 Å². The number of carbonyl (C=O) groups is 1. The van der Waals surface area contributed by atoms with Crippen molar-refractivity contribution in [3.05, 3.63) is 23.8 Å². The third-order valence-electron chi connectivity index (χ3n) is 3.42.